The average Bonchev–Trinajstić information content (AvgIpc) is 2.65. The molecular formula is C21H18ClN3O2. The lowest BCUT2D eigenvalue weighted by atomic mass is 10.1. The highest BCUT2D eigenvalue weighted by atomic mass is 35.5. The first-order chi connectivity index (χ1) is 12.9. The van der Waals surface area contributed by atoms with E-state index < -0.39 is 0 Å². The molecule has 0 saturated carbocycles. The normalized spacial score (nSPS) is 10.3. The van der Waals surface area contributed by atoms with E-state index >= 15 is 0 Å². The fourth-order valence-corrected chi connectivity index (χ4v) is 2.66. The van der Waals surface area contributed by atoms with E-state index in [1.165, 1.54) is 6.92 Å². The number of aromatic nitrogens is 1. The second kappa shape index (κ2) is 8.01. The molecule has 136 valence electrons. The summed E-state index contributed by atoms with van der Waals surface area (Å²) in [4.78, 5) is 28.2. The van der Waals surface area contributed by atoms with Gasteiger partial charge < -0.3 is 10.6 Å². The maximum Gasteiger partial charge on any atom is 0.255 e. The van der Waals surface area contributed by atoms with Gasteiger partial charge in [0.1, 0.15) is 5.82 Å². The molecule has 0 atom stereocenters. The highest BCUT2D eigenvalue weighted by Crippen LogP contribution is 2.23. The Labute approximate surface area is 162 Å². The summed E-state index contributed by atoms with van der Waals surface area (Å²) in [6.45, 7) is 3.41. The number of halogens is 1. The van der Waals surface area contributed by atoms with E-state index in [0.29, 0.717) is 27.7 Å². The van der Waals surface area contributed by atoms with Crippen LogP contribution in [0, 0.1) is 6.92 Å². The molecule has 0 saturated heterocycles. The first kappa shape index (κ1) is 18.6. The van der Waals surface area contributed by atoms with Crippen molar-refractivity contribution in [1.82, 2.24) is 4.98 Å². The number of pyridine rings is 1. The van der Waals surface area contributed by atoms with Crippen LogP contribution >= 0.6 is 11.6 Å². The van der Waals surface area contributed by atoms with E-state index in [-0.39, 0.29) is 11.7 Å². The summed E-state index contributed by atoms with van der Waals surface area (Å²) in [5, 5.41) is 6.58. The van der Waals surface area contributed by atoms with Gasteiger partial charge in [-0.05, 0) is 55.8 Å². The number of hydrogen-bond acceptors (Lipinski definition) is 4. The Bertz CT molecular complexity index is 1020. The van der Waals surface area contributed by atoms with Crippen molar-refractivity contribution in [2.45, 2.75) is 13.8 Å². The van der Waals surface area contributed by atoms with E-state index in [0.717, 1.165) is 11.3 Å². The van der Waals surface area contributed by atoms with E-state index in [1.807, 2.05) is 19.1 Å². The lowest BCUT2D eigenvalue weighted by molar-refractivity contribution is 0.101. The first-order valence-electron chi connectivity index (χ1n) is 8.34. The zero-order valence-electron chi connectivity index (χ0n) is 14.9. The fraction of sp³-hybridized carbons (Fsp3) is 0.0952. The predicted octanol–water partition coefficient (Wildman–Crippen LogP) is 5.24. The van der Waals surface area contributed by atoms with Crippen LogP contribution in [0.2, 0.25) is 5.02 Å². The van der Waals surface area contributed by atoms with Crippen molar-refractivity contribution in [3.05, 3.63) is 82.5 Å². The van der Waals surface area contributed by atoms with Gasteiger partial charge in [-0.3, -0.25) is 9.59 Å². The smallest absolute Gasteiger partial charge is 0.255 e. The summed E-state index contributed by atoms with van der Waals surface area (Å²) in [6, 6.07) is 15.7. The molecule has 0 radical (unpaired) electrons. The van der Waals surface area contributed by atoms with Gasteiger partial charge in [-0.2, -0.15) is 0 Å². The van der Waals surface area contributed by atoms with Gasteiger partial charge in [0.2, 0.25) is 0 Å². The molecule has 0 aliphatic carbocycles. The second-order valence-electron chi connectivity index (χ2n) is 6.11. The molecule has 2 N–H and O–H groups in total. The van der Waals surface area contributed by atoms with Crippen molar-refractivity contribution < 1.29 is 9.59 Å². The second-order valence-corrected chi connectivity index (χ2v) is 6.52. The average molecular weight is 380 g/mol. The Hall–Kier alpha value is -3.18. The number of Topliss-reactive ketones (excluding diaryl/α,β-unsaturated/α-hetero) is 1. The molecule has 27 heavy (non-hydrogen) atoms. The number of hydrogen-bond donors (Lipinski definition) is 2. The summed E-state index contributed by atoms with van der Waals surface area (Å²) in [7, 11) is 0. The van der Waals surface area contributed by atoms with E-state index in [4.69, 9.17) is 11.6 Å². The Morgan fingerprint density at radius 3 is 2.52 bits per heavy atom. The minimum absolute atomic E-state index is 0.0572. The molecule has 1 amide bonds. The fourth-order valence-electron chi connectivity index (χ4n) is 2.48. The van der Waals surface area contributed by atoms with Crippen LogP contribution in [0.15, 0.2) is 60.8 Å². The first-order valence-corrected chi connectivity index (χ1v) is 8.72. The van der Waals surface area contributed by atoms with Crippen molar-refractivity contribution in [3.8, 4) is 0 Å². The Balaban J connectivity index is 1.76. The number of rotatable bonds is 5. The number of carbonyl (C=O) groups excluding carboxylic acids is 2. The van der Waals surface area contributed by atoms with Crippen LogP contribution in [0.3, 0.4) is 0 Å². The number of carbonyl (C=O) groups is 2. The lowest BCUT2D eigenvalue weighted by Crippen LogP contribution is -2.12. The van der Waals surface area contributed by atoms with Crippen molar-refractivity contribution >= 4 is 40.5 Å². The highest BCUT2D eigenvalue weighted by Gasteiger charge is 2.09. The van der Waals surface area contributed by atoms with Crippen LogP contribution in [-0.4, -0.2) is 16.7 Å². The molecule has 1 aromatic heterocycles. The largest absolute Gasteiger partial charge is 0.340 e. The van der Waals surface area contributed by atoms with Crippen LogP contribution in [0.4, 0.5) is 17.2 Å². The van der Waals surface area contributed by atoms with Gasteiger partial charge in [0.25, 0.3) is 5.91 Å². The molecule has 5 nitrogen and oxygen atoms in total. The topological polar surface area (TPSA) is 71.1 Å². The molecule has 0 aliphatic rings. The summed E-state index contributed by atoms with van der Waals surface area (Å²) in [6.07, 6.45) is 1.55. The molecule has 3 rings (SSSR count). The molecule has 0 aliphatic heterocycles. The Morgan fingerprint density at radius 1 is 0.963 bits per heavy atom. The number of nitrogens with one attached hydrogen (secondary N) is 2. The third-order valence-corrected chi connectivity index (χ3v) is 4.40. The molecular weight excluding hydrogens is 362 g/mol. The van der Waals surface area contributed by atoms with Crippen molar-refractivity contribution in [2.24, 2.45) is 0 Å². The van der Waals surface area contributed by atoms with Crippen LogP contribution in [0.5, 0.6) is 0 Å². The molecule has 0 unspecified atom stereocenters. The summed E-state index contributed by atoms with van der Waals surface area (Å²) < 4.78 is 0. The monoisotopic (exact) mass is 379 g/mol. The predicted molar refractivity (Wildman–Crippen MR) is 108 cm³/mol. The van der Waals surface area contributed by atoms with Crippen LogP contribution < -0.4 is 10.6 Å². The number of benzene rings is 2. The van der Waals surface area contributed by atoms with Crippen molar-refractivity contribution in [1.29, 1.82) is 0 Å². The maximum absolute atomic E-state index is 12.5. The molecule has 6 heteroatoms. The summed E-state index contributed by atoms with van der Waals surface area (Å²) in [5.41, 5.74) is 3.31. The molecule has 0 spiro atoms. The SMILES string of the molecule is CC(=O)c1cccc(NC(=O)c2ccnc(Nc3ccc(C)c(Cl)c3)c2)c1. The van der Waals surface area contributed by atoms with Crippen LogP contribution in [0.1, 0.15) is 33.2 Å². The number of anilines is 3. The van der Waals surface area contributed by atoms with E-state index in [1.54, 1.807) is 48.7 Å². The summed E-state index contributed by atoms with van der Waals surface area (Å²) in [5.74, 6) is 0.182. The van der Waals surface area contributed by atoms with Gasteiger partial charge in [-0.1, -0.05) is 29.8 Å². The molecule has 1 heterocycles. The molecule has 0 bridgehead atoms. The maximum atomic E-state index is 12.5. The third-order valence-electron chi connectivity index (χ3n) is 3.99. The van der Waals surface area contributed by atoms with Gasteiger partial charge in [0.15, 0.2) is 5.78 Å². The highest BCUT2D eigenvalue weighted by molar-refractivity contribution is 6.31. The lowest BCUT2D eigenvalue weighted by Gasteiger charge is -2.10. The number of aryl methyl sites for hydroxylation is 1. The number of nitrogens with zero attached hydrogens (tertiary/aromatic N) is 1. The van der Waals surface area contributed by atoms with E-state index in [2.05, 4.69) is 15.6 Å². The third kappa shape index (κ3) is 4.71. The van der Waals surface area contributed by atoms with Gasteiger partial charge in [0, 0.05) is 33.7 Å². The van der Waals surface area contributed by atoms with Crippen molar-refractivity contribution in [2.75, 3.05) is 10.6 Å². The Kier molecular flexibility index (Phi) is 5.52. The minimum Gasteiger partial charge on any atom is -0.340 e. The molecule has 3 aromatic rings. The number of ketones is 1. The van der Waals surface area contributed by atoms with Gasteiger partial charge in [-0.25, -0.2) is 4.98 Å². The minimum atomic E-state index is -0.289. The zero-order valence-corrected chi connectivity index (χ0v) is 15.7. The van der Waals surface area contributed by atoms with E-state index in [9.17, 15) is 9.59 Å². The van der Waals surface area contributed by atoms with Crippen LogP contribution in [-0.2, 0) is 0 Å². The molecule has 0 fully saturated rings. The van der Waals surface area contributed by atoms with Crippen LogP contribution in [0.25, 0.3) is 0 Å². The summed E-state index contributed by atoms with van der Waals surface area (Å²) >= 11 is 6.14. The number of amides is 1. The quantitative estimate of drug-likeness (QED) is 0.594. The van der Waals surface area contributed by atoms with Gasteiger partial charge in [-0.15, -0.1) is 0 Å². The zero-order chi connectivity index (χ0) is 19.4. The van der Waals surface area contributed by atoms with Gasteiger partial charge >= 0.3 is 0 Å². The standard InChI is InChI=1S/C21H18ClN3O2/c1-13-6-7-18(12-19(13)22)24-20-11-16(8-9-23-20)21(27)25-17-5-3-4-15(10-17)14(2)26/h3-12H,1-2H3,(H,23,24)(H,25,27). The Morgan fingerprint density at radius 2 is 1.78 bits per heavy atom. The molecule has 2 aromatic carbocycles. The van der Waals surface area contributed by atoms with Gasteiger partial charge in [0.05, 0.1) is 0 Å². The van der Waals surface area contributed by atoms with Crippen molar-refractivity contribution in [3.63, 3.8) is 0 Å².